The topological polar surface area (TPSA) is 212 Å². The van der Waals surface area contributed by atoms with Crippen molar-refractivity contribution < 1.29 is 57.0 Å². The highest BCUT2D eigenvalue weighted by Crippen LogP contribution is 2.26. The molecule has 0 bridgehead atoms. The van der Waals surface area contributed by atoms with Crippen LogP contribution in [0.1, 0.15) is 129 Å². The van der Waals surface area contributed by atoms with Gasteiger partial charge in [-0.1, -0.05) is 114 Å². The summed E-state index contributed by atoms with van der Waals surface area (Å²) in [4.78, 5) is 13.0. The van der Waals surface area contributed by atoms with Gasteiger partial charge in [-0.05, 0) is 64.2 Å². The average Bonchev–Trinajstić information content (AvgIpc) is 3.12. The summed E-state index contributed by atoms with van der Waals surface area (Å²) in [5.74, 6) is -0.738. The summed E-state index contributed by atoms with van der Waals surface area (Å²) in [6, 6.07) is -1.15. The Hall–Kier alpha value is -1.98. The molecule has 0 aromatic rings. The van der Waals surface area contributed by atoms with E-state index < -0.39 is 78.5 Å². The third kappa shape index (κ3) is 23.5. The number of aliphatic hydroxyl groups is 5. The van der Waals surface area contributed by atoms with Gasteiger partial charge >= 0.3 is 10.4 Å². The van der Waals surface area contributed by atoms with Crippen LogP contribution in [-0.2, 0) is 28.9 Å². The second kappa shape index (κ2) is 30.3. The number of unbranched alkanes of at least 4 members (excludes halogenated alkanes) is 12. The number of nitrogens with one attached hydrogen (secondary N) is 1. The Morgan fingerprint density at radius 1 is 0.755 bits per heavy atom. The predicted molar refractivity (Wildman–Crippen MR) is 205 cm³/mol. The second-order valence-corrected chi connectivity index (χ2v) is 14.7. The third-order valence-electron chi connectivity index (χ3n) is 8.92. The summed E-state index contributed by atoms with van der Waals surface area (Å²) >= 11 is 0. The van der Waals surface area contributed by atoms with E-state index in [1.807, 2.05) is 0 Å². The quantitative estimate of drug-likeness (QED) is 0.0278. The number of carbonyl (C=O) groups excluding carboxylic acids is 1. The fourth-order valence-electron chi connectivity index (χ4n) is 5.71. The van der Waals surface area contributed by atoms with Gasteiger partial charge in [0, 0.05) is 0 Å². The lowest BCUT2D eigenvalue weighted by atomic mass is 9.99. The van der Waals surface area contributed by atoms with Crippen molar-refractivity contribution in [1.29, 1.82) is 0 Å². The fourth-order valence-corrected chi connectivity index (χ4v) is 6.21. The largest absolute Gasteiger partial charge is 0.397 e. The Balaban J connectivity index is 2.76. The van der Waals surface area contributed by atoms with Crippen molar-refractivity contribution in [3.8, 4) is 0 Å². The van der Waals surface area contributed by atoms with Crippen LogP contribution < -0.4 is 5.32 Å². The van der Waals surface area contributed by atoms with Crippen LogP contribution in [0.5, 0.6) is 0 Å². The molecular weight excluding hydrogens is 706 g/mol. The Bertz CT molecular complexity index is 1160. The molecule has 8 atom stereocenters. The first-order valence-corrected chi connectivity index (χ1v) is 21.0. The maximum atomic E-state index is 13.0. The van der Waals surface area contributed by atoms with Crippen molar-refractivity contribution in [3.05, 3.63) is 48.6 Å². The van der Waals surface area contributed by atoms with Crippen molar-refractivity contribution >= 4 is 16.3 Å². The molecule has 0 saturated carbocycles. The smallest absolute Gasteiger partial charge is 0.394 e. The SMILES string of the molecule is CCCC/C=C/CC/C=C/CC/C=C/C(O)C(COC1OC(CO)C(O)C(OS(=O)(=O)O)C1O)NC(=O)C(O)CCCC/C=C\CCCCCCCC. The molecule has 1 heterocycles. The summed E-state index contributed by atoms with van der Waals surface area (Å²) in [7, 11) is -5.12. The van der Waals surface area contributed by atoms with E-state index in [9.17, 15) is 38.7 Å². The molecule has 1 aliphatic heterocycles. The summed E-state index contributed by atoms with van der Waals surface area (Å²) < 4.78 is 47.2. The minimum absolute atomic E-state index is 0.201. The molecule has 1 fully saturated rings. The highest BCUT2D eigenvalue weighted by Gasteiger charge is 2.48. The van der Waals surface area contributed by atoms with Crippen molar-refractivity contribution in [1.82, 2.24) is 5.32 Å². The van der Waals surface area contributed by atoms with Crippen molar-refractivity contribution in [2.24, 2.45) is 0 Å². The minimum Gasteiger partial charge on any atom is -0.394 e. The van der Waals surface area contributed by atoms with Crippen molar-refractivity contribution in [2.75, 3.05) is 13.2 Å². The van der Waals surface area contributed by atoms with Crippen molar-refractivity contribution in [2.45, 2.75) is 178 Å². The lowest BCUT2D eigenvalue weighted by Gasteiger charge is -2.41. The number of rotatable bonds is 31. The highest BCUT2D eigenvalue weighted by atomic mass is 32.3. The van der Waals surface area contributed by atoms with E-state index in [4.69, 9.17) is 14.0 Å². The van der Waals surface area contributed by atoms with E-state index in [0.29, 0.717) is 12.8 Å². The lowest BCUT2D eigenvalue weighted by molar-refractivity contribution is -0.298. The van der Waals surface area contributed by atoms with Gasteiger partial charge in [0.05, 0.1) is 25.4 Å². The second-order valence-electron chi connectivity index (χ2n) is 13.6. The molecule has 0 aromatic heterocycles. The number of hydrogen-bond acceptors (Lipinski definition) is 11. The number of hydrogen-bond donors (Lipinski definition) is 7. The molecule has 13 nitrogen and oxygen atoms in total. The maximum absolute atomic E-state index is 13.0. The first kappa shape index (κ1) is 49.0. The Morgan fingerprint density at radius 2 is 1.28 bits per heavy atom. The lowest BCUT2D eigenvalue weighted by Crippen LogP contribution is -2.61. The van der Waals surface area contributed by atoms with Crippen LogP contribution in [0.4, 0.5) is 0 Å². The van der Waals surface area contributed by atoms with Gasteiger partial charge in [-0.2, -0.15) is 8.42 Å². The summed E-state index contributed by atoms with van der Waals surface area (Å²) in [6.45, 7) is 3.07. The monoisotopic (exact) mass is 775 g/mol. The van der Waals surface area contributed by atoms with E-state index in [0.717, 1.165) is 44.9 Å². The Kier molecular flexibility index (Phi) is 28.0. The first-order valence-electron chi connectivity index (χ1n) is 19.6. The molecule has 1 amide bonds. The van der Waals surface area contributed by atoms with Gasteiger partial charge < -0.3 is 40.3 Å². The van der Waals surface area contributed by atoms with E-state index in [1.165, 1.54) is 57.4 Å². The zero-order valence-corrected chi connectivity index (χ0v) is 32.7. The maximum Gasteiger partial charge on any atom is 0.397 e. The molecule has 1 saturated heterocycles. The number of carbonyl (C=O) groups is 1. The summed E-state index contributed by atoms with van der Waals surface area (Å²) in [6.07, 6.45) is 22.2. The zero-order chi connectivity index (χ0) is 39.3. The number of aliphatic hydroxyl groups excluding tert-OH is 5. The van der Waals surface area contributed by atoms with Crippen LogP contribution in [0.15, 0.2) is 48.6 Å². The minimum atomic E-state index is -5.12. The van der Waals surface area contributed by atoms with Gasteiger partial charge in [0.1, 0.15) is 30.5 Å². The van der Waals surface area contributed by atoms with E-state index in [2.05, 4.69) is 59.8 Å². The number of allylic oxidation sites excluding steroid dienone is 7. The molecule has 7 N–H and O–H groups in total. The molecule has 8 unspecified atom stereocenters. The van der Waals surface area contributed by atoms with Crippen LogP contribution in [0.25, 0.3) is 0 Å². The fraction of sp³-hybridized carbons (Fsp3) is 0.769. The van der Waals surface area contributed by atoms with Gasteiger partial charge in [0.2, 0.25) is 5.91 Å². The third-order valence-corrected chi connectivity index (χ3v) is 9.38. The molecule has 0 aliphatic carbocycles. The highest BCUT2D eigenvalue weighted by molar-refractivity contribution is 7.80. The Labute approximate surface area is 318 Å². The molecule has 308 valence electrons. The van der Waals surface area contributed by atoms with Crippen LogP contribution in [0.3, 0.4) is 0 Å². The predicted octanol–water partition coefficient (Wildman–Crippen LogP) is 5.12. The van der Waals surface area contributed by atoms with Crippen LogP contribution >= 0.6 is 0 Å². The zero-order valence-electron chi connectivity index (χ0n) is 31.9. The molecular formula is C39H69NO12S. The number of ether oxygens (including phenoxy) is 2. The van der Waals surface area contributed by atoms with Crippen LogP contribution in [0, 0.1) is 0 Å². The van der Waals surface area contributed by atoms with Gasteiger partial charge in [-0.25, -0.2) is 4.18 Å². The summed E-state index contributed by atoms with van der Waals surface area (Å²) in [5.41, 5.74) is 0. The molecule has 53 heavy (non-hydrogen) atoms. The molecule has 0 radical (unpaired) electrons. The van der Waals surface area contributed by atoms with Gasteiger partial charge in [-0.15, -0.1) is 0 Å². The van der Waals surface area contributed by atoms with Crippen LogP contribution in [0.2, 0.25) is 0 Å². The van der Waals surface area contributed by atoms with Gasteiger partial charge in [0.25, 0.3) is 0 Å². The average molecular weight is 776 g/mol. The number of amides is 1. The van der Waals surface area contributed by atoms with E-state index >= 15 is 0 Å². The van der Waals surface area contributed by atoms with E-state index in [1.54, 1.807) is 6.08 Å². The van der Waals surface area contributed by atoms with Gasteiger partial charge in [0.15, 0.2) is 6.29 Å². The first-order chi connectivity index (χ1) is 25.4. The van der Waals surface area contributed by atoms with Gasteiger partial charge in [-0.3, -0.25) is 9.35 Å². The van der Waals surface area contributed by atoms with Crippen LogP contribution in [-0.4, -0.2) is 107 Å². The standard InChI is InChI=1S/C39H69NO12S/c1-3-5-7-9-11-13-15-17-19-21-23-25-27-32(42)31(30-50-39-36(45)37(52-53(47,48)49)35(44)34(29-41)51-39)40-38(46)33(43)28-26-24-22-20-18-16-14-12-10-8-6-4-2/h9,11,17-20,25,27,31-37,39,41-45H,3-8,10,12-16,21-24,26,28-30H2,1-2H3,(H,40,46)(H,47,48,49)/b11-9+,19-17+,20-18-,27-25+. The molecule has 1 aliphatic rings. The molecule has 1 rings (SSSR count). The molecule has 0 spiro atoms. The molecule has 14 heteroatoms. The van der Waals surface area contributed by atoms with E-state index in [-0.39, 0.29) is 6.42 Å². The molecule has 0 aromatic carbocycles. The summed E-state index contributed by atoms with van der Waals surface area (Å²) in [5, 5.41) is 54.8. The Morgan fingerprint density at radius 3 is 1.87 bits per heavy atom. The van der Waals surface area contributed by atoms with Crippen molar-refractivity contribution in [3.63, 3.8) is 0 Å². The normalized spacial score (nSPS) is 23.1.